The van der Waals surface area contributed by atoms with Crippen LogP contribution in [0.25, 0.3) is 22.3 Å². The quantitative estimate of drug-likeness (QED) is 0.215. The Morgan fingerprint density at radius 2 is 1.67 bits per heavy atom. The number of benzene rings is 3. The van der Waals surface area contributed by atoms with Crippen molar-refractivity contribution in [2.45, 2.75) is 13.3 Å². The van der Waals surface area contributed by atoms with Crippen LogP contribution in [0.4, 0.5) is 20.6 Å². The van der Waals surface area contributed by atoms with Gasteiger partial charge in [-0.1, -0.05) is 48.5 Å². The van der Waals surface area contributed by atoms with Crippen LogP contribution in [0.15, 0.2) is 85.1 Å². The van der Waals surface area contributed by atoms with E-state index in [2.05, 4.69) is 15.6 Å². The molecule has 36 heavy (non-hydrogen) atoms. The zero-order valence-electron chi connectivity index (χ0n) is 19.3. The molecule has 0 aliphatic rings. The molecule has 3 aromatic carbocycles. The highest BCUT2D eigenvalue weighted by molar-refractivity contribution is 6.12. The van der Waals surface area contributed by atoms with E-state index >= 15 is 0 Å². The minimum atomic E-state index is -1.29. The van der Waals surface area contributed by atoms with Crippen molar-refractivity contribution < 1.29 is 23.9 Å². The Kier molecular flexibility index (Phi) is 7.15. The molecule has 0 bridgehead atoms. The molecule has 0 unspecified atom stereocenters. The van der Waals surface area contributed by atoms with Crippen LogP contribution in [0.2, 0.25) is 0 Å². The van der Waals surface area contributed by atoms with Gasteiger partial charge >= 0.3 is 6.09 Å². The SMILES string of the molecule is Cc1ccc(-c2cccc(C(=O)CC(=O)Nc3cc(NC(=O)O)ccc3-c3ccccc3F)c2)cn1. The van der Waals surface area contributed by atoms with Gasteiger partial charge in [0.15, 0.2) is 5.78 Å². The third-order valence-corrected chi connectivity index (χ3v) is 5.46. The average molecular weight is 483 g/mol. The first-order chi connectivity index (χ1) is 17.3. The zero-order chi connectivity index (χ0) is 25.7. The molecule has 2 amide bonds. The van der Waals surface area contributed by atoms with Gasteiger partial charge in [0.1, 0.15) is 5.82 Å². The summed E-state index contributed by atoms with van der Waals surface area (Å²) in [5, 5.41) is 13.9. The second kappa shape index (κ2) is 10.6. The zero-order valence-corrected chi connectivity index (χ0v) is 19.3. The summed E-state index contributed by atoms with van der Waals surface area (Å²) in [6.07, 6.45) is -0.0264. The topological polar surface area (TPSA) is 108 Å². The lowest BCUT2D eigenvalue weighted by Crippen LogP contribution is -2.17. The smallest absolute Gasteiger partial charge is 0.409 e. The highest BCUT2D eigenvalue weighted by atomic mass is 19.1. The number of carbonyl (C=O) groups is 3. The van der Waals surface area contributed by atoms with Gasteiger partial charge in [-0.05, 0) is 42.8 Å². The Labute approximate surface area is 206 Å². The molecule has 0 saturated heterocycles. The fourth-order valence-corrected chi connectivity index (χ4v) is 3.72. The summed E-state index contributed by atoms with van der Waals surface area (Å²) in [5.74, 6) is -1.53. The van der Waals surface area contributed by atoms with Crippen LogP contribution in [0.1, 0.15) is 22.5 Å². The monoisotopic (exact) mass is 483 g/mol. The molecule has 0 radical (unpaired) electrons. The first-order valence-electron chi connectivity index (χ1n) is 11.0. The van der Waals surface area contributed by atoms with Gasteiger partial charge in [0.2, 0.25) is 5.91 Å². The van der Waals surface area contributed by atoms with Crippen molar-refractivity contribution in [3.63, 3.8) is 0 Å². The van der Waals surface area contributed by atoms with E-state index < -0.39 is 30.0 Å². The molecule has 1 aromatic heterocycles. The largest absolute Gasteiger partial charge is 0.465 e. The summed E-state index contributed by atoms with van der Waals surface area (Å²) < 4.78 is 14.5. The van der Waals surface area contributed by atoms with Crippen LogP contribution in [0.5, 0.6) is 0 Å². The number of nitrogens with zero attached hydrogens (tertiary/aromatic N) is 1. The van der Waals surface area contributed by atoms with Gasteiger partial charge in [-0.2, -0.15) is 0 Å². The van der Waals surface area contributed by atoms with E-state index in [1.807, 2.05) is 25.1 Å². The number of anilines is 2. The van der Waals surface area contributed by atoms with Gasteiger partial charge in [0.05, 0.1) is 12.1 Å². The fourth-order valence-electron chi connectivity index (χ4n) is 3.72. The van der Waals surface area contributed by atoms with Crippen LogP contribution in [-0.4, -0.2) is 27.9 Å². The van der Waals surface area contributed by atoms with E-state index in [4.69, 9.17) is 5.11 Å². The molecule has 180 valence electrons. The number of pyridine rings is 1. The van der Waals surface area contributed by atoms with Crippen molar-refractivity contribution in [2.75, 3.05) is 10.6 Å². The lowest BCUT2D eigenvalue weighted by molar-refractivity contribution is -0.115. The van der Waals surface area contributed by atoms with E-state index in [9.17, 15) is 18.8 Å². The highest BCUT2D eigenvalue weighted by Gasteiger charge is 2.17. The normalized spacial score (nSPS) is 10.5. The number of amides is 2. The van der Waals surface area contributed by atoms with E-state index in [1.165, 1.54) is 30.3 Å². The number of hydrogen-bond acceptors (Lipinski definition) is 4. The molecule has 4 aromatic rings. The van der Waals surface area contributed by atoms with Gasteiger partial charge in [0, 0.05) is 39.8 Å². The van der Waals surface area contributed by atoms with Gasteiger partial charge in [-0.15, -0.1) is 0 Å². The third-order valence-electron chi connectivity index (χ3n) is 5.46. The molecule has 0 saturated carbocycles. The minimum absolute atomic E-state index is 0.170. The van der Waals surface area contributed by atoms with Crippen LogP contribution in [0.3, 0.4) is 0 Å². The molecule has 0 aliphatic carbocycles. The Balaban J connectivity index is 1.56. The summed E-state index contributed by atoms with van der Waals surface area (Å²) in [6.45, 7) is 1.88. The first-order valence-corrected chi connectivity index (χ1v) is 11.0. The van der Waals surface area contributed by atoms with Gasteiger partial charge in [-0.25, -0.2) is 9.18 Å². The summed E-state index contributed by atoms with van der Waals surface area (Å²) in [4.78, 5) is 41.0. The molecule has 4 rings (SSSR count). The number of nitrogens with one attached hydrogen (secondary N) is 2. The number of hydrogen-bond donors (Lipinski definition) is 3. The molecule has 3 N–H and O–H groups in total. The molecule has 1 heterocycles. The van der Waals surface area contributed by atoms with E-state index in [0.717, 1.165) is 16.8 Å². The fraction of sp³-hybridized carbons (Fsp3) is 0.0714. The number of carbonyl (C=O) groups excluding carboxylic acids is 2. The van der Waals surface area contributed by atoms with E-state index in [1.54, 1.807) is 36.5 Å². The molecular weight excluding hydrogens is 461 g/mol. The lowest BCUT2D eigenvalue weighted by Gasteiger charge is -2.14. The van der Waals surface area contributed by atoms with E-state index in [-0.39, 0.29) is 16.9 Å². The van der Waals surface area contributed by atoms with Crippen LogP contribution in [0, 0.1) is 12.7 Å². The summed E-state index contributed by atoms with van der Waals surface area (Å²) in [6, 6.07) is 21.0. The Bertz CT molecular complexity index is 1450. The molecule has 0 fully saturated rings. The highest BCUT2D eigenvalue weighted by Crippen LogP contribution is 2.32. The number of carboxylic acid groups (broad SMARTS) is 1. The van der Waals surface area contributed by atoms with Crippen molar-refractivity contribution in [3.05, 3.63) is 102 Å². The van der Waals surface area contributed by atoms with Gasteiger partial charge in [0.25, 0.3) is 0 Å². The van der Waals surface area contributed by atoms with Crippen molar-refractivity contribution >= 4 is 29.2 Å². The molecule has 7 nitrogen and oxygen atoms in total. The number of rotatable bonds is 7. The van der Waals surface area contributed by atoms with Crippen LogP contribution >= 0.6 is 0 Å². The van der Waals surface area contributed by atoms with Crippen LogP contribution < -0.4 is 10.6 Å². The molecule has 0 spiro atoms. The standard InChI is InChI=1S/C28H22FN3O4/c1-17-9-10-20(16-30-17)18-5-4-6-19(13-18)26(33)15-27(34)32-25-14-21(31-28(35)36)11-12-23(25)22-7-2-3-8-24(22)29/h2-14,16,31H,15H2,1H3,(H,32,34)(H,35,36). The number of ketones is 1. The predicted molar refractivity (Wildman–Crippen MR) is 135 cm³/mol. The second-order valence-electron chi connectivity index (χ2n) is 8.09. The molecular formula is C28H22FN3O4. The molecule has 8 heteroatoms. The first kappa shape index (κ1) is 24.3. The van der Waals surface area contributed by atoms with Crippen molar-refractivity contribution in [1.82, 2.24) is 4.98 Å². The number of aryl methyl sites for hydroxylation is 1. The maximum atomic E-state index is 14.5. The Morgan fingerprint density at radius 3 is 2.39 bits per heavy atom. The van der Waals surface area contributed by atoms with E-state index in [0.29, 0.717) is 11.1 Å². The van der Waals surface area contributed by atoms with Gasteiger partial charge in [-0.3, -0.25) is 19.9 Å². The maximum Gasteiger partial charge on any atom is 0.409 e. The summed E-state index contributed by atoms with van der Waals surface area (Å²) in [5.41, 5.74) is 3.80. The lowest BCUT2D eigenvalue weighted by atomic mass is 10.0. The molecule has 0 atom stereocenters. The third kappa shape index (κ3) is 5.79. The predicted octanol–water partition coefficient (Wildman–Crippen LogP) is 6.16. The van der Waals surface area contributed by atoms with Crippen LogP contribution in [-0.2, 0) is 4.79 Å². The Morgan fingerprint density at radius 1 is 0.861 bits per heavy atom. The second-order valence-corrected chi connectivity index (χ2v) is 8.09. The maximum absolute atomic E-state index is 14.5. The van der Waals surface area contributed by atoms with Gasteiger partial charge < -0.3 is 10.4 Å². The Hall–Kier alpha value is -4.85. The van der Waals surface area contributed by atoms with Crippen molar-refractivity contribution in [2.24, 2.45) is 0 Å². The number of halogens is 1. The molecule has 0 aliphatic heterocycles. The number of Topliss-reactive ketones (excluding diaryl/α,β-unsaturated/α-hetero) is 1. The average Bonchev–Trinajstić information content (AvgIpc) is 2.85. The van der Waals surface area contributed by atoms with Crippen molar-refractivity contribution in [1.29, 1.82) is 0 Å². The minimum Gasteiger partial charge on any atom is -0.465 e. The summed E-state index contributed by atoms with van der Waals surface area (Å²) in [7, 11) is 0. The summed E-state index contributed by atoms with van der Waals surface area (Å²) >= 11 is 0. The number of aromatic nitrogens is 1. The van der Waals surface area contributed by atoms with Crippen molar-refractivity contribution in [3.8, 4) is 22.3 Å².